The highest BCUT2D eigenvalue weighted by molar-refractivity contribution is 14.0. The van der Waals surface area contributed by atoms with Gasteiger partial charge in [-0.25, -0.2) is 4.39 Å². The van der Waals surface area contributed by atoms with Crippen molar-refractivity contribution >= 4 is 35.8 Å². The Bertz CT molecular complexity index is 587. The molecule has 0 spiro atoms. The number of ether oxygens (including phenoxy) is 1. The molecule has 0 saturated heterocycles. The molecule has 0 aromatic heterocycles. The van der Waals surface area contributed by atoms with E-state index in [1.165, 1.54) is 12.1 Å². The molecule has 0 aliphatic carbocycles. The number of benzene rings is 1. The Morgan fingerprint density at radius 1 is 1.14 bits per heavy atom. The number of methoxy groups -OCH3 is 1. The lowest BCUT2D eigenvalue weighted by Crippen LogP contribution is -2.42. The van der Waals surface area contributed by atoms with Crippen LogP contribution in [0.25, 0.3) is 0 Å². The van der Waals surface area contributed by atoms with Crippen molar-refractivity contribution in [1.29, 1.82) is 0 Å². The van der Waals surface area contributed by atoms with Crippen LogP contribution in [0.3, 0.4) is 0 Å². The summed E-state index contributed by atoms with van der Waals surface area (Å²) in [4.78, 5) is 18.7. The maximum absolute atomic E-state index is 12.9. The number of halogens is 2. The van der Waals surface area contributed by atoms with Gasteiger partial charge in [-0.15, -0.1) is 24.0 Å². The molecular weight excluding hydrogens is 488 g/mol. The van der Waals surface area contributed by atoms with E-state index >= 15 is 0 Å². The van der Waals surface area contributed by atoms with Crippen LogP contribution < -0.4 is 16.0 Å². The maximum atomic E-state index is 12.9. The number of nitrogens with zero attached hydrogens (tertiary/aromatic N) is 2. The molecular formula is C20H35FIN5O2. The van der Waals surface area contributed by atoms with Crippen LogP contribution in [0.15, 0.2) is 29.3 Å². The number of nitrogens with one attached hydrogen (secondary N) is 3. The first kappa shape index (κ1) is 27.5. The number of aliphatic imine (C=N–C) groups is 1. The van der Waals surface area contributed by atoms with E-state index in [2.05, 4.69) is 32.9 Å². The highest BCUT2D eigenvalue weighted by Gasteiger charge is 2.04. The number of carbonyl (C=O) groups is 1. The molecule has 0 bridgehead atoms. The molecule has 166 valence electrons. The van der Waals surface area contributed by atoms with Gasteiger partial charge in [0.05, 0.1) is 13.0 Å². The van der Waals surface area contributed by atoms with E-state index in [4.69, 9.17) is 4.74 Å². The zero-order valence-corrected chi connectivity index (χ0v) is 20.0. The Balaban J connectivity index is 0.00000784. The van der Waals surface area contributed by atoms with Crippen molar-refractivity contribution in [2.24, 2.45) is 4.99 Å². The minimum Gasteiger partial charge on any atom is -0.385 e. The fraction of sp³-hybridized carbons (Fsp3) is 0.600. The molecule has 0 heterocycles. The van der Waals surface area contributed by atoms with Crippen molar-refractivity contribution in [1.82, 2.24) is 20.9 Å². The molecule has 0 aliphatic heterocycles. The summed E-state index contributed by atoms with van der Waals surface area (Å²) in [7, 11) is 3.78. The summed E-state index contributed by atoms with van der Waals surface area (Å²) >= 11 is 0. The van der Waals surface area contributed by atoms with Crippen LogP contribution in [-0.4, -0.2) is 76.8 Å². The lowest BCUT2D eigenvalue weighted by Gasteiger charge is -2.16. The van der Waals surface area contributed by atoms with Crippen LogP contribution in [0.1, 0.15) is 18.9 Å². The van der Waals surface area contributed by atoms with Crippen molar-refractivity contribution in [2.75, 3.05) is 60.0 Å². The van der Waals surface area contributed by atoms with Gasteiger partial charge in [0.2, 0.25) is 5.91 Å². The summed E-state index contributed by atoms with van der Waals surface area (Å²) in [5.74, 6) is 0.346. The minimum absolute atomic E-state index is 0. The monoisotopic (exact) mass is 523 g/mol. The second kappa shape index (κ2) is 17.4. The number of hydrogen-bond acceptors (Lipinski definition) is 4. The molecule has 29 heavy (non-hydrogen) atoms. The van der Waals surface area contributed by atoms with E-state index in [1.54, 1.807) is 19.2 Å². The van der Waals surface area contributed by atoms with Crippen molar-refractivity contribution in [2.45, 2.75) is 19.8 Å². The molecule has 1 amide bonds. The van der Waals surface area contributed by atoms with Crippen molar-refractivity contribution in [3.05, 3.63) is 35.6 Å². The first-order valence-corrected chi connectivity index (χ1v) is 9.76. The standard InChI is InChI=1S/C20H34FN5O2.HI/c1-4-22-20(25-12-14-26(2)13-5-15-28-3)24-11-10-23-19(27)16-17-6-8-18(21)9-7-17;/h6-9H,4-5,10-16H2,1-3H3,(H,23,27)(H2,22,24,25);1H. The van der Waals surface area contributed by atoms with Crippen LogP contribution in [-0.2, 0) is 16.0 Å². The normalized spacial score (nSPS) is 11.1. The van der Waals surface area contributed by atoms with Crippen LogP contribution in [0.2, 0.25) is 0 Å². The summed E-state index contributed by atoms with van der Waals surface area (Å²) in [5.41, 5.74) is 0.788. The van der Waals surface area contributed by atoms with Crippen molar-refractivity contribution < 1.29 is 13.9 Å². The quantitative estimate of drug-likeness (QED) is 0.159. The van der Waals surface area contributed by atoms with Crippen LogP contribution >= 0.6 is 24.0 Å². The number of hydrogen-bond donors (Lipinski definition) is 3. The summed E-state index contributed by atoms with van der Waals surface area (Å²) in [6, 6.07) is 5.96. The fourth-order valence-corrected chi connectivity index (χ4v) is 2.50. The molecule has 1 aromatic rings. The Hall–Kier alpha value is -1.46. The summed E-state index contributed by atoms with van der Waals surface area (Å²) in [6.07, 6.45) is 1.25. The van der Waals surface area contributed by atoms with E-state index in [0.717, 1.165) is 44.2 Å². The van der Waals surface area contributed by atoms with Gasteiger partial charge in [-0.2, -0.15) is 0 Å². The van der Waals surface area contributed by atoms with Crippen LogP contribution in [0, 0.1) is 5.82 Å². The zero-order chi connectivity index (χ0) is 20.6. The molecule has 7 nitrogen and oxygen atoms in total. The zero-order valence-electron chi connectivity index (χ0n) is 17.7. The van der Waals surface area contributed by atoms with Gasteiger partial charge in [0.1, 0.15) is 5.82 Å². The minimum atomic E-state index is -0.301. The Morgan fingerprint density at radius 2 is 1.83 bits per heavy atom. The molecule has 0 atom stereocenters. The van der Waals surface area contributed by atoms with Gasteiger partial charge < -0.3 is 25.6 Å². The largest absolute Gasteiger partial charge is 0.385 e. The topological polar surface area (TPSA) is 78.0 Å². The summed E-state index contributed by atoms with van der Waals surface area (Å²) < 4.78 is 17.9. The smallest absolute Gasteiger partial charge is 0.224 e. The molecule has 0 saturated carbocycles. The van der Waals surface area contributed by atoms with Gasteiger partial charge in [0, 0.05) is 46.4 Å². The number of likely N-dealkylation sites (N-methyl/N-ethyl adjacent to an activating group) is 1. The van der Waals surface area contributed by atoms with Gasteiger partial charge in [-0.05, 0) is 38.1 Å². The van der Waals surface area contributed by atoms with Crippen LogP contribution in [0.4, 0.5) is 4.39 Å². The van der Waals surface area contributed by atoms with Crippen molar-refractivity contribution in [3.8, 4) is 0 Å². The molecule has 1 aromatic carbocycles. The summed E-state index contributed by atoms with van der Waals surface area (Å²) in [5, 5.41) is 9.25. The number of carbonyl (C=O) groups excluding carboxylic acids is 1. The van der Waals surface area contributed by atoms with E-state index in [9.17, 15) is 9.18 Å². The van der Waals surface area contributed by atoms with E-state index in [-0.39, 0.29) is 42.1 Å². The fourth-order valence-electron chi connectivity index (χ4n) is 2.50. The third kappa shape index (κ3) is 14.2. The second-order valence-corrected chi connectivity index (χ2v) is 6.49. The second-order valence-electron chi connectivity index (χ2n) is 6.49. The first-order valence-electron chi connectivity index (χ1n) is 9.76. The average molecular weight is 523 g/mol. The molecule has 0 unspecified atom stereocenters. The van der Waals surface area contributed by atoms with Gasteiger partial charge in [0.15, 0.2) is 5.96 Å². The van der Waals surface area contributed by atoms with Crippen molar-refractivity contribution in [3.63, 3.8) is 0 Å². The van der Waals surface area contributed by atoms with E-state index < -0.39 is 0 Å². The molecule has 0 radical (unpaired) electrons. The van der Waals surface area contributed by atoms with Gasteiger partial charge in [-0.3, -0.25) is 9.79 Å². The average Bonchev–Trinajstić information content (AvgIpc) is 2.67. The first-order chi connectivity index (χ1) is 13.5. The van der Waals surface area contributed by atoms with Crippen LogP contribution in [0.5, 0.6) is 0 Å². The van der Waals surface area contributed by atoms with E-state index in [1.807, 2.05) is 6.92 Å². The predicted octanol–water partition coefficient (Wildman–Crippen LogP) is 1.63. The number of guanidine groups is 1. The summed E-state index contributed by atoms with van der Waals surface area (Å²) in [6.45, 7) is 7.15. The Morgan fingerprint density at radius 3 is 2.48 bits per heavy atom. The third-order valence-corrected chi connectivity index (χ3v) is 4.00. The molecule has 0 fully saturated rings. The van der Waals surface area contributed by atoms with Gasteiger partial charge in [-0.1, -0.05) is 12.1 Å². The molecule has 3 N–H and O–H groups in total. The molecule has 0 aliphatic rings. The Labute approximate surface area is 190 Å². The Kier molecular flexibility index (Phi) is 16.5. The van der Waals surface area contributed by atoms with Gasteiger partial charge in [0.25, 0.3) is 0 Å². The molecule has 9 heteroatoms. The lowest BCUT2D eigenvalue weighted by molar-refractivity contribution is -0.120. The highest BCUT2D eigenvalue weighted by atomic mass is 127. The third-order valence-electron chi connectivity index (χ3n) is 4.00. The number of amides is 1. The lowest BCUT2D eigenvalue weighted by atomic mass is 10.1. The van der Waals surface area contributed by atoms with Gasteiger partial charge >= 0.3 is 0 Å². The van der Waals surface area contributed by atoms with E-state index in [0.29, 0.717) is 19.6 Å². The highest BCUT2D eigenvalue weighted by Crippen LogP contribution is 2.03. The maximum Gasteiger partial charge on any atom is 0.224 e. The SMILES string of the molecule is CCNC(=NCCN(C)CCCOC)NCCNC(=O)Cc1ccc(F)cc1.I. The number of rotatable bonds is 13. The predicted molar refractivity (Wildman–Crippen MR) is 127 cm³/mol. The molecule has 1 rings (SSSR count).